The first-order valence-electron chi connectivity index (χ1n) is 10.7. The van der Waals surface area contributed by atoms with Gasteiger partial charge in [-0.05, 0) is 66.1 Å². The van der Waals surface area contributed by atoms with E-state index in [1.54, 1.807) is 28.8 Å². The lowest BCUT2D eigenvalue weighted by Crippen LogP contribution is -2.14. The third kappa shape index (κ3) is 4.16. The predicted octanol–water partition coefficient (Wildman–Crippen LogP) is 5.98. The number of hydrogen-bond donors (Lipinski definition) is 1. The molecule has 0 fully saturated rings. The zero-order valence-electron chi connectivity index (χ0n) is 18.8. The van der Waals surface area contributed by atoms with E-state index >= 15 is 0 Å². The highest BCUT2D eigenvalue weighted by Crippen LogP contribution is 2.36. The summed E-state index contributed by atoms with van der Waals surface area (Å²) in [6, 6.07) is 13.7. The van der Waals surface area contributed by atoms with Gasteiger partial charge in [0.25, 0.3) is 5.91 Å². The fourth-order valence-electron chi connectivity index (χ4n) is 4.04. The fraction of sp³-hybridized carbons (Fsp3) is 0.115. The number of amides is 1. The summed E-state index contributed by atoms with van der Waals surface area (Å²) in [6.07, 6.45) is 2.80. The van der Waals surface area contributed by atoms with E-state index in [0.29, 0.717) is 16.9 Å². The molecular weight excluding hydrogens is 455 g/mol. The van der Waals surface area contributed by atoms with Crippen molar-refractivity contribution in [1.29, 1.82) is 0 Å². The Bertz CT molecular complexity index is 1570. The molecular formula is C26H20F3N5O. The van der Waals surface area contributed by atoms with E-state index in [1.807, 2.05) is 49.0 Å². The molecule has 0 unspecified atom stereocenters. The quantitative estimate of drug-likeness (QED) is 0.348. The second-order valence-corrected chi connectivity index (χ2v) is 8.20. The van der Waals surface area contributed by atoms with Gasteiger partial charge in [0.1, 0.15) is 11.6 Å². The van der Waals surface area contributed by atoms with Gasteiger partial charge in [0, 0.05) is 43.0 Å². The van der Waals surface area contributed by atoms with Crippen LogP contribution in [-0.4, -0.2) is 24.8 Å². The minimum atomic E-state index is -4.53. The van der Waals surface area contributed by atoms with Crippen molar-refractivity contribution in [1.82, 2.24) is 18.9 Å². The van der Waals surface area contributed by atoms with Crippen molar-refractivity contribution in [2.24, 2.45) is 7.05 Å². The van der Waals surface area contributed by atoms with Crippen LogP contribution in [0.25, 0.3) is 28.0 Å². The van der Waals surface area contributed by atoms with Crippen LogP contribution in [0, 0.1) is 6.92 Å². The van der Waals surface area contributed by atoms with E-state index < -0.39 is 11.7 Å². The maximum Gasteiger partial charge on any atom is 0.417 e. The minimum absolute atomic E-state index is 0.0942. The number of anilines is 1. The molecule has 1 amide bonds. The summed E-state index contributed by atoms with van der Waals surface area (Å²) in [4.78, 5) is 20.9. The van der Waals surface area contributed by atoms with Crippen LogP contribution in [0.15, 0.2) is 79.5 Å². The number of nitrogens with zero attached hydrogens (tertiary/aromatic N) is 4. The number of pyridine rings is 2. The molecule has 9 heteroatoms. The van der Waals surface area contributed by atoms with Gasteiger partial charge in [-0.25, -0.2) is 4.98 Å². The summed E-state index contributed by atoms with van der Waals surface area (Å²) < 4.78 is 44.0. The molecule has 0 aliphatic carbocycles. The van der Waals surface area contributed by atoms with Gasteiger partial charge in [0.05, 0.1) is 17.3 Å². The number of imidazole rings is 1. The molecule has 0 aliphatic heterocycles. The highest BCUT2D eigenvalue weighted by Gasteiger charge is 2.34. The second kappa shape index (κ2) is 8.43. The van der Waals surface area contributed by atoms with Crippen LogP contribution < -0.4 is 5.32 Å². The van der Waals surface area contributed by atoms with Gasteiger partial charge in [-0.15, -0.1) is 0 Å². The number of halogens is 3. The van der Waals surface area contributed by atoms with Gasteiger partial charge in [0.2, 0.25) is 0 Å². The molecule has 4 aromatic heterocycles. The summed E-state index contributed by atoms with van der Waals surface area (Å²) >= 11 is 0. The van der Waals surface area contributed by atoms with Gasteiger partial charge in [-0.2, -0.15) is 13.2 Å². The Kier molecular flexibility index (Phi) is 5.39. The first-order chi connectivity index (χ1) is 16.7. The highest BCUT2D eigenvalue weighted by molar-refractivity contribution is 6.04. The molecule has 1 aromatic carbocycles. The van der Waals surface area contributed by atoms with E-state index in [4.69, 9.17) is 0 Å². The van der Waals surface area contributed by atoms with Crippen molar-refractivity contribution >= 4 is 17.2 Å². The van der Waals surface area contributed by atoms with Gasteiger partial charge in [-0.3, -0.25) is 14.2 Å². The predicted molar refractivity (Wildman–Crippen MR) is 127 cm³/mol. The molecule has 35 heavy (non-hydrogen) atoms. The molecule has 0 atom stereocenters. The summed E-state index contributed by atoms with van der Waals surface area (Å²) in [6.45, 7) is 1.94. The molecule has 4 heterocycles. The van der Waals surface area contributed by atoms with E-state index in [1.165, 1.54) is 12.4 Å². The van der Waals surface area contributed by atoms with Crippen molar-refractivity contribution in [2.45, 2.75) is 13.1 Å². The standard InChI is InChI=1S/C26H20F3N5O/c1-16-5-6-18(25(35)32-23-4-3-10-33(23)2)13-20(16)17-8-11-34-19(12-17)14-31-24(34)21-15-30-9-7-22(21)26(27,28)29/h3-15H,1-2H3,(H,32,35). The lowest BCUT2D eigenvalue weighted by atomic mass is 9.98. The van der Waals surface area contributed by atoms with Crippen LogP contribution >= 0.6 is 0 Å². The summed E-state index contributed by atoms with van der Waals surface area (Å²) in [7, 11) is 1.84. The van der Waals surface area contributed by atoms with Crippen molar-refractivity contribution in [3.8, 4) is 22.5 Å². The second-order valence-electron chi connectivity index (χ2n) is 8.20. The Labute approximate surface area is 198 Å². The van der Waals surface area contributed by atoms with Crippen LogP contribution in [0.4, 0.5) is 19.0 Å². The number of carbonyl (C=O) groups excluding carboxylic acids is 1. The topological polar surface area (TPSA) is 64.2 Å². The Hall–Kier alpha value is -4.40. The monoisotopic (exact) mass is 475 g/mol. The SMILES string of the molecule is Cc1ccc(C(=O)Nc2cccn2C)cc1-c1ccn2c(-c3cnccc3C(F)(F)F)ncc2c1. The first-order valence-corrected chi connectivity index (χ1v) is 10.7. The molecule has 0 saturated carbocycles. The Morgan fingerprint density at radius 2 is 1.83 bits per heavy atom. The van der Waals surface area contributed by atoms with E-state index in [9.17, 15) is 18.0 Å². The summed E-state index contributed by atoms with van der Waals surface area (Å²) in [5.41, 5.74) is 2.83. The van der Waals surface area contributed by atoms with Crippen LogP contribution in [0.2, 0.25) is 0 Å². The third-order valence-corrected chi connectivity index (χ3v) is 5.90. The van der Waals surface area contributed by atoms with E-state index in [0.717, 1.165) is 29.0 Å². The average molecular weight is 475 g/mol. The molecule has 6 nitrogen and oxygen atoms in total. The smallest absolute Gasteiger partial charge is 0.338 e. The van der Waals surface area contributed by atoms with Crippen LogP contribution in [-0.2, 0) is 13.2 Å². The number of aromatic nitrogens is 4. The zero-order chi connectivity index (χ0) is 24.7. The number of hydrogen-bond acceptors (Lipinski definition) is 3. The minimum Gasteiger partial charge on any atom is -0.338 e. The van der Waals surface area contributed by atoms with Gasteiger partial charge >= 0.3 is 6.18 Å². The number of nitrogens with one attached hydrogen (secondary N) is 1. The van der Waals surface area contributed by atoms with Gasteiger partial charge < -0.3 is 9.88 Å². The highest BCUT2D eigenvalue weighted by atomic mass is 19.4. The Balaban J connectivity index is 1.52. The van der Waals surface area contributed by atoms with E-state index in [-0.39, 0.29) is 17.3 Å². The zero-order valence-corrected chi connectivity index (χ0v) is 18.8. The van der Waals surface area contributed by atoms with Crippen LogP contribution in [0.3, 0.4) is 0 Å². The van der Waals surface area contributed by atoms with Crippen LogP contribution in [0.1, 0.15) is 21.5 Å². The number of rotatable bonds is 4. The number of benzene rings is 1. The number of carbonyl (C=O) groups is 1. The van der Waals surface area contributed by atoms with Crippen LogP contribution in [0.5, 0.6) is 0 Å². The van der Waals surface area contributed by atoms with Crippen molar-refractivity contribution in [3.05, 3.63) is 96.2 Å². The Morgan fingerprint density at radius 1 is 1.00 bits per heavy atom. The average Bonchev–Trinajstić information content (AvgIpc) is 3.44. The molecule has 0 bridgehead atoms. The molecule has 0 aliphatic rings. The first kappa shape index (κ1) is 22.4. The lowest BCUT2D eigenvalue weighted by molar-refractivity contribution is -0.137. The maximum atomic E-state index is 13.5. The lowest BCUT2D eigenvalue weighted by Gasteiger charge is -2.13. The van der Waals surface area contributed by atoms with Crippen molar-refractivity contribution in [3.63, 3.8) is 0 Å². The molecule has 176 valence electrons. The van der Waals surface area contributed by atoms with Gasteiger partial charge in [0.15, 0.2) is 0 Å². The molecule has 1 N–H and O–H groups in total. The Morgan fingerprint density at radius 3 is 2.57 bits per heavy atom. The number of fused-ring (bicyclic) bond motifs is 1. The molecule has 0 spiro atoms. The molecule has 0 radical (unpaired) electrons. The number of alkyl halides is 3. The summed E-state index contributed by atoms with van der Waals surface area (Å²) in [5.74, 6) is 0.593. The molecule has 0 saturated heterocycles. The van der Waals surface area contributed by atoms with Crippen molar-refractivity contribution < 1.29 is 18.0 Å². The van der Waals surface area contributed by atoms with E-state index in [2.05, 4.69) is 15.3 Å². The molecule has 5 rings (SSSR count). The maximum absolute atomic E-state index is 13.5. The normalized spacial score (nSPS) is 11.7. The fourth-order valence-corrected chi connectivity index (χ4v) is 4.04. The van der Waals surface area contributed by atoms with Crippen molar-refractivity contribution in [2.75, 3.05) is 5.32 Å². The number of aryl methyl sites for hydroxylation is 2. The van der Waals surface area contributed by atoms with Gasteiger partial charge in [-0.1, -0.05) is 6.07 Å². The summed E-state index contributed by atoms with van der Waals surface area (Å²) in [5, 5.41) is 2.89. The third-order valence-electron chi connectivity index (χ3n) is 5.90. The molecule has 5 aromatic rings. The largest absolute Gasteiger partial charge is 0.417 e.